The van der Waals surface area contributed by atoms with Crippen LogP contribution in [0.5, 0.6) is 5.75 Å². The number of aliphatic hydroxyl groups excluding tert-OH is 1. The van der Waals surface area contributed by atoms with E-state index in [1.807, 2.05) is 13.8 Å². The second-order valence-corrected chi connectivity index (χ2v) is 4.52. The van der Waals surface area contributed by atoms with Crippen molar-refractivity contribution in [2.24, 2.45) is 11.7 Å². The van der Waals surface area contributed by atoms with Crippen molar-refractivity contribution < 1.29 is 10.2 Å². The van der Waals surface area contributed by atoms with E-state index in [4.69, 9.17) is 17.3 Å². The molecule has 0 saturated carbocycles. The number of phenols is 1. The quantitative estimate of drug-likeness (QED) is 0.761. The van der Waals surface area contributed by atoms with Gasteiger partial charge in [0.1, 0.15) is 5.75 Å². The molecule has 1 aromatic carbocycles. The Labute approximate surface area is 101 Å². The van der Waals surface area contributed by atoms with Gasteiger partial charge in [-0.1, -0.05) is 37.9 Å². The minimum Gasteiger partial charge on any atom is -0.506 e. The second-order valence-electron chi connectivity index (χ2n) is 4.11. The van der Waals surface area contributed by atoms with Crippen molar-refractivity contribution in [3.05, 3.63) is 28.8 Å². The average Bonchev–Trinajstić information content (AvgIpc) is 2.29. The summed E-state index contributed by atoms with van der Waals surface area (Å²) >= 11 is 5.79. The SMILES string of the molecule is CCC(C)[C@@H](O)[C@@H](N)c1ccc(O)c(Cl)c1. The molecule has 0 saturated heterocycles. The zero-order valence-electron chi connectivity index (χ0n) is 9.52. The summed E-state index contributed by atoms with van der Waals surface area (Å²) in [6.07, 6.45) is 0.256. The second kappa shape index (κ2) is 5.53. The Morgan fingerprint density at radius 2 is 2.06 bits per heavy atom. The number of rotatable bonds is 4. The fraction of sp³-hybridized carbons (Fsp3) is 0.500. The topological polar surface area (TPSA) is 66.5 Å². The summed E-state index contributed by atoms with van der Waals surface area (Å²) in [4.78, 5) is 0. The van der Waals surface area contributed by atoms with Gasteiger partial charge in [-0.3, -0.25) is 0 Å². The fourth-order valence-electron chi connectivity index (χ4n) is 1.52. The summed E-state index contributed by atoms with van der Waals surface area (Å²) in [6, 6.07) is 4.28. The largest absolute Gasteiger partial charge is 0.506 e. The molecule has 1 rings (SSSR count). The van der Waals surface area contributed by atoms with Crippen LogP contribution in [0.25, 0.3) is 0 Å². The molecule has 1 aromatic rings. The molecule has 0 radical (unpaired) electrons. The Morgan fingerprint density at radius 3 is 2.56 bits per heavy atom. The molecule has 3 atom stereocenters. The summed E-state index contributed by atoms with van der Waals surface area (Å²) in [5, 5.41) is 19.5. The maximum absolute atomic E-state index is 9.97. The van der Waals surface area contributed by atoms with Gasteiger partial charge >= 0.3 is 0 Å². The van der Waals surface area contributed by atoms with Crippen molar-refractivity contribution in [1.82, 2.24) is 0 Å². The Bertz CT molecular complexity index is 357. The maximum Gasteiger partial charge on any atom is 0.134 e. The van der Waals surface area contributed by atoms with Crippen LogP contribution in [0.2, 0.25) is 5.02 Å². The first-order valence-corrected chi connectivity index (χ1v) is 5.77. The molecule has 0 amide bonds. The van der Waals surface area contributed by atoms with E-state index in [-0.39, 0.29) is 16.7 Å². The van der Waals surface area contributed by atoms with E-state index < -0.39 is 12.1 Å². The van der Waals surface area contributed by atoms with E-state index in [2.05, 4.69) is 0 Å². The van der Waals surface area contributed by atoms with E-state index in [1.165, 1.54) is 6.07 Å². The maximum atomic E-state index is 9.97. The molecule has 4 heteroatoms. The van der Waals surface area contributed by atoms with Gasteiger partial charge < -0.3 is 15.9 Å². The number of aliphatic hydroxyl groups is 1. The van der Waals surface area contributed by atoms with E-state index in [1.54, 1.807) is 12.1 Å². The van der Waals surface area contributed by atoms with Crippen LogP contribution in [0, 0.1) is 5.92 Å². The predicted molar refractivity (Wildman–Crippen MR) is 65.5 cm³/mol. The lowest BCUT2D eigenvalue weighted by Gasteiger charge is -2.24. The number of phenolic OH excluding ortho intramolecular Hbond substituents is 1. The van der Waals surface area contributed by atoms with Crippen LogP contribution in [0.15, 0.2) is 18.2 Å². The molecule has 0 fully saturated rings. The first-order chi connectivity index (χ1) is 7.47. The number of benzene rings is 1. The van der Waals surface area contributed by atoms with Crippen molar-refractivity contribution in [2.45, 2.75) is 32.4 Å². The molecule has 0 spiro atoms. The van der Waals surface area contributed by atoms with Gasteiger partial charge in [0.15, 0.2) is 0 Å². The van der Waals surface area contributed by atoms with Gasteiger partial charge in [0, 0.05) is 0 Å². The van der Waals surface area contributed by atoms with Crippen LogP contribution in [-0.4, -0.2) is 16.3 Å². The lowest BCUT2D eigenvalue weighted by molar-refractivity contribution is 0.0880. The van der Waals surface area contributed by atoms with Gasteiger partial charge in [-0.2, -0.15) is 0 Å². The van der Waals surface area contributed by atoms with Crippen molar-refractivity contribution in [3.63, 3.8) is 0 Å². The van der Waals surface area contributed by atoms with Gasteiger partial charge in [0.05, 0.1) is 17.2 Å². The third-order valence-corrected chi connectivity index (χ3v) is 3.25. The normalized spacial score (nSPS) is 16.8. The molecular weight excluding hydrogens is 226 g/mol. The molecule has 90 valence electrons. The zero-order valence-corrected chi connectivity index (χ0v) is 10.3. The predicted octanol–water partition coefficient (Wildman–Crippen LogP) is 2.45. The molecule has 4 N–H and O–H groups in total. The highest BCUT2D eigenvalue weighted by Gasteiger charge is 2.22. The van der Waals surface area contributed by atoms with Gasteiger partial charge in [0.2, 0.25) is 0 Å². The molecule has 0 bridgehead atoms. The highest BCUT2D eigenvalue weighted by molar-refractivity contribution is 6.32. The molecule has 0 aliphatic rings. The number of hydrogen-bond acceptors (Lipinski definition) is 3. The molecule has 0 heterocycles. The fourth-order valence-corrected chi connectivity index (χ4v) is 1.71. The highest BCUT2D eigenvalue weighted by Crippen LogP contribution is 2.28. The smallest absolute Gasteiger partial charge is 0.134 e. The van der Waals surface area contributed by atoms with Crippen molar-refractivity contribution >= 4 is 11.6 Å². The van der Waals surface area contributed by atoms with Gasteiger partial charge in [-0.25, -0.2) is 0 Å². The third kappa shape index (κ3) is 2.88. The van der Waals surface area contributed by atoms with Crippen LogP contribution in [0.1, 0.15) is 31.9 Å². The summed E-state index contributed by atoms with van der Waals surface area (Å²) in [5.74, 6) is 0.151. The molecule has 0 aromatic heterocycles. The minimum absolute atomic E-state index is 0.0237. The standard InChI is InChI=1S/C12H18ClNO2/c1-3-7(2)12(16)11(14)8-4-5-10(15)9(13)6-8/h4-7,11-12,15-16H,3,14H2,1-2H3/t7?,11-,12+/m0/s1. The third-order valence-electron chi connectivity index (χ3n) is 2.95. The Kier molecular flexibility index (Phi) is 4.59. The monoisotopic (exact) mass is 243 g/mol. The molecule has 3 nitrogen and oxygen atoms in total. The molecule has 16 heavy (non-hydrogen) atoms. The summed E-state index contributed by atoms with van der Waals surface area (Å²) < 4.78 is 0. The zero-order chi connectivity index (χ0) is 12.3. The van der Waals surface area contributed by atoms with Crippen molar-refractivity contribution in [3.8, 4) is 5.75 Å². The number of hydrogen-bond donors (Lipinski definition) is 3. The lowest BCUT2D eigenvalue weighted by atomic mass is 9.91. The summed E-state index contributed by atoms with van der Waals surface area (Å²) in [5.41, 5.74) is 6.68. The van der Waals surface area contributed by atoms with E-state index >= 15 is 0 Å². The van der Waals surface area contributed by atoms with Crippen LogP contribution in [0.4, 0.5) is 0 Å². The Morgan fingerprint density at radius 1 is 1.44 bits per heavy atom. The Balaban J connectivity index is 2.87. The number of halogens is 1. The molecule has 0 aliphatic carbocycles. The van der Waals surface area contributed by atoms with E-state index in [9.17, 15) is 10.2 Å². The number of nitrogens with two attached hydrogens (primary N) is 1. The van der Waals surface area contributed by atoms with Crippen molar-refractivity contribution in [1.29, 1.82) is 0 Å². The van der Waals surface area contributed by atoms with Crippen LogP contribution < -0.4 is 5.73 Å². The molecular formula is C12H18ClNO2. The first-order valence-electron chi connectivity index (χ1n) is 5.39. The highest BCUT2D eigenvalue weighted by atomic mass is 35.5. The first kappa shape index (κ1) is 13.3. The average molecular weight is 244 g/mol. The van der Waals surface area contributed by atoms with Gasteiger partial charge in [0.25, 0.3) is 0 Å². The van der Waals surface area contributed by atoms with E-state index in [0.29, 0.717) is 0 Å². The van der Waals surface area contributed by atoms with Crippen LogP contribution in [-0.2, 0) is 0 Å². The van der Waals surface area contributed by atoms with Gasteiger partial charge in [-0.05, 0) is 23.6 Å². The summed E-state index contributed by atoms with van der Waals surface area (Å²) in [6.45, 7) is 3.96. The van der Waals surface area contributed by atoms with Crippen molar-refractivity contribution in [2.75, 3.05) is 0 Å². The van der Waals surface area contributed by atoms with Gasteiger partial charge in [-0.15, -0.1) is 0 Å². The number of aromatic hydroxyl groups is 1. The molecule has 0 aliphatic heterocycles. The molecule has 1 unspecified atom stereocenters. The van der Waals surface area contributed by atoms with Crippen LogP contribution >= 0.6 is 11.6 Å². The lowest BCUT2D eigenvalue weighted by Crippen LogP contribution is -2.31. The summed E-state index contributed by atoms with van der Waals surface area (Å²) in [7, 11) is 0. The van der Waals surface area contributed by atoms with Crippen LogP contribution in [0.3, 0.4) is 0 Å². The van der Waals surface area contributed by atoms with E-state index in [0.717, 1.165) is 12.0 Å². The Hall–Kier alpha value is -0.770. The minimum atomic E-state index is -0.606.